The summed E-state index contributed by atoms with van der Waals surface area (Å²) in [6, 6.07) is 4.13. The van der Waals surface area contributed by atoms with Crippen LogP contribution in [0.2, 0.25) is 5.28 Å². The first-order valence-electron chi connectivity index (χ1n) is 12.2. The van der Waals surface area contributed by atoms with E-state index in [1.807, 2.05) is 0 Å². The van der Waals surface area contributed by atoms with Gasteiger partial charge in [0.1, 0.15) is 40.5 Å². The van der Waals surface area contributed by atoms with E-state index >= 15 is 0 Å². The number of halogens is 1. The van der Waals surface area contributed by atoms with E-state index in [2.05, 4.69) is 30.5 Å². The number of fused-ring (bicyclic) bond motifs is 2. The van der Waals surface area contributed by atoms with Crippen LogP contribution in [0.3, 0.4) is 0 Å². The monoisotopic (exact) mass is 926 g/mol. The summed E-state index contributed by atoms with van der Waals surface area (Å²) in [6.07, 6.45) is 0. The number of nitrogen functional groups attached to an aromatic ring is 1. The molecule has 0 atom stereocenters. The third-order valence-electron chi connectivity index (χ3n) is 6.35. The molecule has 4 aromatic carbocycles. The number of rotatable bonds is 8. The van der Waals surface area contributed by atoms with Crippen molar-refractivity contribution in [2.24, 2.45) is 10.2 Å². The zero-order valence-electron chi connectivity index (χ0n) is 27.4. The van der Waals surface area contributed by atoms with Crippen molar-refractivity contribution < 1.29 is 197 Å². The predicted molar refractivity (Wildman–Crippen MR) is 155 cm³/mol. The van der Waals surface area contributed by atoms with E-state index in [1.54, 1.807) is 0 Å². The molecule has 267 valence electrons. The van der Waals surface area contributed by atoms with Crippen molar-refractivity contribution in [1.82, 2.24) is 15.0 Å². The largest absolute Gasteiger partial charge is 2.00 e. The van der Waals surface area contributed by atoms with Crippen LogP contribution in [-0.4, -0.2) is 66.8 Å². The molecule has 0 amide bonds. The molecule has 31 heteroatoms. The summed E-state index contributed by atoms with van der Waals surface area (Å²) in [5.41, 5.74) is 2.27. The van der Waals surface area contributed by atoms with Crippen molar-refractivity contribution in [1.29, 1.82) is 0 Å². The molecule has 5 rings (SSSR count). The standard InChI is InChI=1S/C23H16ClN7O14S4.Cu.4Na/c24-21-27-22(25)29-23(28-21)26-11-6-9(46(34,35)36)4-8-5-15(49(43,44)45)18(20(33)16(8)11)31-30-12-7-14(48(40,41)42)10-2-1-3-13(47(37,38)39)17(10)19(12)32;;;;;/h1-7,32-33H,(H,34,35,36)(H,37,38,39)(H,40,41,42)(H,43,44,45)(H3,25,26,27,28,29);;;;;/q;+2;4*+1/p-6. The van der Waals surface area contributed by atoms with E-state index in [4.69, 9.17) is 17.3 Å². The van der Waals surface area contributed by atoms with Crippen molar-refractivity contribution in [2.45, 2.75) is 19.6 Å². The molecule has 0 aliphatic carbocycles. The number of nitrogens with one attached hydrogen (secondary N) is 1. The second-order valence-electron chi connectivity index (χ2n) is 9.45. The van der Waals surface area contributed by atoms with Crippen molar-refractivity contribution in [3.8, 4) is 11.5 Å². The van der Waals surface area contributed by atoms with E-state index in [0.29, 0.717) is 30.3 Å². The predicted octanol–water partition coefficient (Wildman–Crippen LogP) is -11.7. The first-order valence-corrected chi connectivity index (χ1v) is 18.3. The number of azo groups is 1. The summed E-state index contributed by atoms with van der Waals surface area (Å²) in [6.45, 7) is 0. The summed E-state index contributed by atoms with van der Waals surface area (Å²) in [4.78, 5) is 5.73. The zero-order valence-corrected chi connectivity index (χ0v) is 40.3. The fourth-order valence-corrected chi connectivity index (χ4v) is 7.21. The van der Waals surface area contributed by atoms with Crippen LogP contribution in [0.15, 0.2) is 72.3 Å². The van der Waals surface area contributed by atoms with Gasteiger partial charge in [-0.05, 0) is 63.5 Å². The van der Waals surface area contributed by atoms with E-state index < -0.39 is 127 Å². The average molecular weight is 928 g/mol. The average Bonchev–Trinajstić information content (AvgIpc) is 2.94. The van der Waals surface area contributed by atoms with Gasteiger partial charge >= 0.3 is 135 Å². The molecule has 0 aliphatic heterocycles. The van der Waals surface area contributed by atoms with Gasteiger partial charge in [-0.25, -0.2) is 33.7 Å². The quantitative estimate of drug-likeness (QED) is 0.0829. The number of hydrogen-bond acceptors (Lipinski definition) is 21. The maximum Gasteiger partial charge on any atom is 2.00 e. The summed E-state index contributed by atoms with van der Waals surface area (Å²) in [5.74, 6) is -4.09. The first-order chi connectivity index (χ1) is 22.5. The molecular formula is C23H10ClCuN7Na4O14S4. The van der Waals surface area contributed by atoms with Crippen LogP contribution in [0.4, 0.5) is 29.0 Å². The van der Waals surface area contributed by atoms with Gasteiger partial charge in [0.05, 0.1) is 31.0 Å². The topological polar surface area (TPSA) is 376 Å². The Kier molecular flexibility index (Phi) is 19.5. The molecule has 21 nitrogen and oxygen atoms in total. The van der Waals surface area contributed by atoms with Gasteiger partial charge in [0, 0.05) is 5.69 Å². The van der Waals surface area contributed by atoms with Crippen LogP contribution < -0.4 is 139 Å². The van der Waals surface area contributed by atoms with Gasteiger partial charge in [0.25, 0.3) is 0 Å². The third kappa shape index (κ3) is 11.7. The Balaban J connectivity index is 0.00000562. The van der Waals surface area contributed by atoms with Gasteiger partial charge in [0.15, 0.2) is 0 Å². The Bertz CT molecular complexity index is 2750. The van der Waals surface area contributed by atoms with E-state index in [1.165, 1.54) is 0 Å². The summed E-state index contributed by atoms with van der Waals surface area (Å²) < 4.78 is 144. The van der Waals surface area contributed by atoms with Crippen LogP contribution >= 0.6 is 11.6 Å². The van der Waals surface area contributed by atoms with Gasteiger partial charge in [-0.2, -0.15) is 20.1 Å². The molecule has 5 aromatic rings. The maximum atomic E-state index is 13.8. The van der Waals surface area contributed by atoms with Crippen molar-refractivity contribution in [3.05, 3.63) is 47.7 Å². The third-order valence-corrected chi connectivity index (χ3v) is 9.94. The SMILES string of the molecule is Nc1nc(Cl)nc(Nc2cc(S(=O)(=O)[O-])cc3cc(S(=O)(=O)[O-])c(N=Nc4cc(S(=O)(=O)[O-])c5cccc(S(=O)(=O)[O-])c5c4[O-])c([O-])c23)n1.[Cu+2].[Na+].[Na+].[Na+].[Na+]. The molecule has 54 heavy (non-hydrogen) atoms. The number of anilines is 3. The van der Waals surface area contributed by atoms with Crippen molar-refractivity contribution >= 4 is 103 Å². The number of nitrogens with two attached hydrogens (primary N) is 1. The maximum absolute atomic E-state index is 13.8. The fraction of sp³-hybridized carbons (Fsp3) is 0. The van der Waals surface area contributed by atoms with Gasteiger partial charge in [-0.1, -0.05) is 23.6 Å². The molecule has 1 radical (unpaired) electrons. The second-order valence-corrected chi connectivity index (χ2v) is 15.2. The Morgan fingerprint density at radius 3 is 1.76 bits per heavy atom. The molecule has 0 fully saturated rings. The Morgan fingerprint density at radius 1 is 0.667 bits per heavy atom. The van der Waals surface area contributed by atoms with Gasteiger partial charge in [-0.3, -0.25) is 0 Å². The minimum absolute atomic E-state index is 0. The fourth-order valence-electron chi connectivity index (χ4n) is 4.47. The molecule has 1 heterocycles. The number of aromatic nitrogens is 3. The van der Waals surface area contributed by atoms with Crippen LogP contribution in [0.5, 0.6) is 11.5 Å². The summed E-state index contributed by atoms with van der Waals surface area (Å²) >= 11 is 5.74. The Hall–Kier alpha value is -0.341. The van der Waals surface area contributed by atoms with Crippen LogP contribution in [0.25, 0.3) is 21.5 Å². The second kappa shape index (κ2) is 19.6. The molecule has 0 bridgehead atoms. The molecule has 0 spiro atoms. The van der Waals surface area contributed by atoms with E-state index in [9.17, 15) is 62.1 Å². The van der Waals surface area contributed by atoms with E-state index in [0.717, 1.165) is 12.1 Å². The number of nitrogens with zero attached hydrogens (tertiary/aromatic N) is 5. The van der Waals surface area contributed by atoms with Crippen LogP contribution in [0.1, 0.15) is 0 Å². The minimum atomic E-state index is -5.75. The number of benzene rings is 4. The first kappa shape index (κ1) is 53.7. The minimum Gasteiger partial charge on any atom is -0.871 e. The summed E-state index contributed by atoms with van der Waals surface area (Å²) in [7, 11) is -22.1. The van der Waals surface area contributed by atoms with Crippen LogP contribution in [0, 0.1) is 0 Å². The van der Waals surface area contributed by atoms with Gasteiger partial charge < -0.3 is 39.5 Å². The molecular weight excluding hydrogens is 918 g/mol. The Morgan fingerprint density at radius 2 is 1.24 bits per heavy atom. The normalized spacial score (nSPS) is 11.8. The molecule has 3 N–H and O–H groups in total. The smallest absolute Gasteiger partial charge is 0.871 e. The van der Waals surface area contributed by atoms with Crippen molar-refractivity contribution in [2.75, 3.05) is 11.1 Å². The van der Waals surface area contributed by atoms with Crippen LogP contribution in [-0.2, 0) is 57.5 Å². The zero-order chi connectivity index (χ0) is 36.4. The molecule has 1 aromatic heterocycles. The molecule has 0 saturated heterocycles. The van der Waals surface area contributed by atoms with Gasteiger partial charge in [-0.15, -0.1) is 5.11 Å². The van der Waals surface area contributed by atoms with Gasteiger partial charge in [0.2, 0.25) is 17.2 Å². The number of hydrogen-bond donors (Lipinski definition) is 2. The molecule has 0 aliphatic rings. The van der Waals surface area contributed by atoms with E-state index in [-0.39, 0.29) is 135 Å². The summed E-state index contributed by atoms with van der Waals surface area (Å²) in [5, 5.41) is 32.3. The Labute approximate surface area is 409 Å². The van der Waals surface area contributed by atoms with Crippen molar-refractivity contribution in [3.63, 3.8) is 0 Å². The molecule has 0 saturated carbocycles. The molecule has 0 unspecified atom stereocenters.